The van der Waals surface area contributed by atoms with Gasteiger partial charge in [0.2, 0.25) is 0 Å². The van der Waals surface area contributed by atoms with Gasteiger partial charge >= 0.3 is 5.97 Å². The molecule has 0 saturated carbocycles. The van der Waals surface area contributed by atoms with Crippen LogP contribution in [0.2, 0.25) is 0 Å². The van der Waals surface area contributed by atoms with Crippen LogP contribution in [0.25, 0.3) is 0 Å². The Morgan fingerprint density at radius 2 is 1.89 bits per heavy atom. The average Bonchev–Trinajstić information content (AvgIpc) is 2.43. The number of esters is 1. The van der Waals surface area contributed by atoms with E-state index in [2.05, 4.69) is 4.74 Å². The molecule has 0 heterocycles. The van der Waals surface area contributed by atoms with Crippen LogP contribution < -0.4 is 9.47 Å². The summed E-state index contributed by atoms with van der Waals surface area (Å²) in [6.07, 6.45) is 0.708. The van der Waals surface area contributed by atoms with Crippen molar-refractivity contribution in [3.8, 4) is 17.2 Å². The Morgan fingerprint density at radius 3 is 2.47 bits per heavy atom. The summed E-state index contributed by atoms with van der Waals surface area (Å²) in [6.45, 7) is 0.996. The molecule has 0 saturated heterocycles. The van der Waals surface area contributed by atoms with Crippen molar-refractivity contribution in [3.05, 3.63) is 17.7 Å². The van der Waals surface area contributed by atoms with Gasteiger partial charge in [0.15, 0.2) is 11.5 Å². The maximum absolute atomic E-state index is 11.4. The molecule has 0 amide bonds. The van der Waals surface area contributed by atoms with Crippen LogP contribution in [0, 0.1) is 0 Å². The lowest BCUT2D eigenvalue weighted by atomic mass is 10.1. The summed E-state index contributed by atoms with van der Waals surface area (Å²) in [6, 6.07) is 2.71. The van der Waals surface area contributed by atoms with Crippen LogP contribution in [0.3, 0.4) is 0 Å². The summed E-state index contributed by atoms with van der Waals surface area (Å²) in [5, 5.41) is 9.75. The number of carbonyl (C=O) groups is 1. The zero-order valence-corrected chi connectivity index (χ0v) is 11.3. The van der Waals surface area contributed by atoms with Crippen molar-refractivity contribution >= 4 is 5.97 Å². The molecule has 0 fully saturated rings. The third-order valence-electron chi connectivity index (χ3n) is 2.44. The van der Waals surface area contributed by atoms with E-state index in [1.807, 2.05) is 0 Å². The number of methoxy groups -OCH3 is 3. The van der Waals surface area contributed by atoms with Crippen molar-refractivity contribution in [1.82, 2.24) is 0 Å². The molecule has 106 valence electrons. The molecular formula is C13H18O6. The molecule has 0 spiro atoms. The van der Waals surface area contributed by atoms with E-state index in [1.165, 1.54) is 26.4 Å². The molecular weight excluding hydrogens is 252 g/mol. The van der Waals surface area contributed by atoms with Crippen LogP contribution in [-0.4, -0.2) is 45.6 Å². The average molecular weight is 270 g/mol. The first-order chi connectivity index (χ1) is 9.13. The second-order valence-electron chi connectivity index (χ2n) is 3.71. The summed E-state index contributed by atoms with van der Waals surface area (Å²) in [4.78, 5) is 11.4. The molecule has 0 aliphatic heterocycles. The monoisotopic (exact) mass is 270 g/mol. The summed E-state index contributed by atoms with van der Waals surface area (Å²) >= 11 is 0. The lowest BCUT2D eigenvalue weighted by Crippen LogP contribution is -2.05. The van der Waals surface area contributed by atoms with Crippen LogP contribution in [0.15, 0.2) is 12.1 Å². The molecule has 1 N–H and O–H groups in total. The lowest BCUT2D eigenvalue weighted by molar-refractivity contribution is 0.0597. The van der Waals surface area contributed by atoms with Gasteiger partial charge in [-0.25, -0.2) is 4.79 Å². The number of phenolic OH excluding ortho intramolecular Hbond substituents is 1. The standard InChI is InChI=1S/C13H18O6/c1-16-5-4-6-19-12-8-10(14)9(13(15)18-3)7-11(12)17-2/h7-8,14H,4-6H2,1-3H3. The highest BCUT2D eigenvalue weighted by Gasteiger charge is 2.17. The fraction of sp³-hybridized carbons (Fsp3) is 0.462. The van der Waals surface area contributed by atoms with E-state index in [-0.39, 0.29) is 11.3 Å². The molecule has 0 aliphatic carbocycles. The number of ether oxygens (including phenoxy) is 4. The first-order valence-electron chi connectivity index (χ1n) is 5.75. The Balaban J connectivity index is 2.87. The molecule has 0 radical (unpaired) electrons. The van der Waals surface area contributed by atoms with Crippen LogP contribution in [0.5, 0.6) is 17.2 Å². The van der Waals surface area contributed by atoms with E-state index in [0.29, 0.717) is 31.1 Å². The fourth-order valence-electron chi connectivity index (χ4n) is 1.48. The Kier molecular flexibility index (Phi) is 5.95. The van der Waals surface area contributed by atoms with Gasteiger partial charge in [0.1, 0.15) is 11.3 Å². The smallest absolute Gasteiger partial charge is 0.341 e. The van der Waals surface area contributed by atoms with Crippen LogP contribution in [-0.2, 0) is 9.47 Å². The molecule has 0 aromatic heterocycles. The van der Waals surface area contributed by atoms with Crippen molar-refractivity contribution < 1.29 is 28.8 Å². The van der Waals surface area contributed by atoms with Gasteiger partial charge < -0.3 is 24.1 Å². The van der Waals surface area contributed by atoms with Crippen LogP contribution >= 0.6 is 0 Å². The number of carbonyl (C=O) groups excluding carboxylic acids is 1. The lowest BCUT2D eigenvalue weighted by Gasteiger charge is -2.12. The zero-order valence-electron chi connectivity index (χ0n) is 11.3. The topological polar surface area (TPSA) is 74.2 Å². The van der Waals surface area contributed by atoms with Gasteiger partial charge in [-0.3, -0.25) is 0 Å². The molecule has 0 bridgehead atoms. The number of rotatable bonds is 7. The first kappa shape index (κ1) is 15.1. The number of hydrogen-bond acceptors (Lipinski definition) is 6. The third-order valence-corrected chi connectivity index (χ3v) is 2.44. The van der Waals surface area contributed by atoms with Crippen molar-refractivity contribution in [1.29, 1.82) is 0 Å². The molecule has 1 aromatic carbocycles. The van der Waals surface area contributed by atoms with E-state index >= 15 is 0 Å². The van der Waals surface area contributed by atoms with Crippen LogP contribution in [0.4, 0.5) is 0 Å². The third kappa shape index (κ3) is 4.03. The predicted octanol–water partition coefficient (Wildman–Crippen LogP) is 1.60. The quantitative estimate of drug-likeness (QED) is 0.599. The van der Waals surface area contributed by atoms with Gasteiger partial charge in [-0.05, 0) is 0 Å². The highest BCUT2D eigenvalue weighted by atomic mass is 16.5. The second kappa shape index (κ2) is 7.48. The Labute approximate surface area is 111 Å². The molecule has 19 heavy (non-hydrogen) atoms. The van der Waals surface area contributed by atoms with E-state index in [4.69, 9.17) is 14.2 Å². The highest BCUT2D eigenvalue weighted by Crippen LogP contribution is 2.34. The van der Waals surface area contributed by atoms with Gasteiger partial charge in [0.05, 0.1) is 20.8 Å². The Morgan fingerprint density at radius 1 is 1.16 bits per heavy atom. The number of phenols is 1. The molecule has 0 unspecified atom stereocenters. The van der Waals surface area contributed by atoms with E-state index in [0.717, 1.165) is 0 Å². The molecule has 1 rings (SSSR count). The molecule has 1 aromatic rings. The van der Waals surface area contributed by atoms with Crippen molar-refractivity contribution in [2.45, 2.75) is 6.42 Å². The maximum atomic E-state index is 11.4. The van der Waals surface area contributed by atoms with Gasteiger partial charge in [0.25, 0.3) is 0 Å². The van der Waals surface area contributed by atoms with Gasteiger partial charge in [-0.1, -0.05) is 0 Å². The number of aromatic hydroxyl groups is 1. The molecule has 6 nitrogen and oxygen atoms in total. The molecule has 0 atom stereocenters. The number of benzene rings is 1. The van der Waals surface area contributed by atoms with Crippen molar-refractivity contribution in [2.24, 2.45) is 0 Å². The first-order valence-corrected chi connectivity index (χ1v) is 5.75. The van der Waals surface area contributed by atoms with E-state index < -0.39 is 5.97 Å². The van der Waals surface area contributed by atoms with Crippen molar-refractivity contribution in [3.63, 3.8) is 0 Å². The van der Waals surface area contributed by atoms with E-state index in [1.54, 1.807) is 7.11 Å². The summed E-state index contributed by atoms with van der Waals surface area (Å²) < 4.78 is 20.0. The second-order valence-corrected chi connectivity index (χ2v) is 3.71. The normalized spacial score (nSPS) is 10.1. The SMILES string of the molecule is COCCCOc1cc(O)c(C(=O)OC)cc1OC. The molecule has 0 aliphatic rings. The summed E-state index contributed by atoms with van der Waals surface area (Å²) in [5.74, 6) is -0.129. The van der Waals surface area contributed by atoms with Gasteiger partial charge in [-0.15, -0.1) is 0 Å². The largest absolute Gasteiger partial charge is 0.507 e. The fourth-order valence-corrected chi connectivity index (χ4v) is 1.48. The number of hydrogen-bond donors (Lipinski definition) is 1. The van der Waals surface area contributed by atoms with Gasteiger partial charge in [-0.2, -0.15) is 0 Å². The van der Waals surface area contributed by atoms with Crippen LogP contribution in [0.1, 0.15) is 16.8 Å². The predicted molar refractivity (Wildman–Crippen MR) is 68.0 cm³/mol. The van der Waals surface area contributed by atoms with Crippen molar-refractivity contribution in [2.75, 3.05) is 34.5 Å². The van der Waals surface area contributed by atoms with Gasteiger partial charge in [0, 0.05) is 32.3 Å². The minimum atomic E-state index is -0.637. The van der Waals surface area contributed by atoms with E-state index in [9.17, 15) is 9.90 Å². The minimum Gasteiger partial charge on any atom is -0.507 e. The summed E-state index contributed by atoms with van der Waals surface area (Å²) in [7, 11) is 4.30. The Bertz CT molecular complexity index is 429. The maximum Gasteiger partial charge on any atom is 0.341 e. The zero-order chi connectivity index (χ0) is 14.3. The Hall–Kier alpha value is -1.95. The highest BCUT2D eigenvalue weighted by molar-refractivity contribution is 5.93. The summed E-state index contributed by atoms with van der Waals surface area (Å²) in [5.41, 5.74) is 0.0311. The molecule has 6 heteroatoms. The minimum absolute atomic E-state index is 0.0311.